The molecule has 0 unspecified atom stereocenters. The summed E-state index contributed by atoms with van der Waals surface area (Å²) in [6, 6.07) is 7.25. The summed E-state index contributed by atoms with van der Waals surface area (Å²) in [5, 5.41) is 0.575. The highest BCUT2D eigenvalue weighted by Crippen LogP contribution is 2.12. The third kappa shape index (κ3) is 3.01. The Morgan fingerprint density at radius 1 is 1.42 bits per heavy atom. The van der Waals surface area contributed by atoms with Crippen molar-refractivity contribution in [1.82, 2.24) is 9.97 Å². The maximum atomic E-state index is 12.0. The van der Waals surface area contributed by atoms with Gasteiger partial charge in [0.1, 0.15) is 0 Å². The molecule has 0 radical (unpaired) electrons. The van der Waals surface area contributed by atoms with E-state index in [0.29, 0.717) is 22.6 Å². The predicted octanol–water partition coefficient (Wildman–Crippen LogP) is 1.13. The van der Waals surface area contributed by atoms with Crippen LogP contribution in [0.5, 0.6) is 0 Å². The molecule has 0 saturated heterocycles. The number of aromatic amines is 1. The third-order valence-electron chi connectivity index (χ3n) is 3.07. The van der Waals surface area contributed by atoms with Gasteiger partial charge in [0.05, 0.1) is 10.9 Å². The van der Waals surface area contributed by atoms with Crippen LogP contribution >= 0.6 is 0 Å². The maximum absolute atomic E-state index is 12.0. The number of H-pyrrole nitrogens is 1. The van der Waals surface area contributed by atoms with Gasteiger partial charge < -0.3 is 4.90 Å². The van der Waals surface area contributed by atoms with Crippen LogP contribution in [0.4, 0.5) is 5.95 Å². The number of aromatic nitrogens is 2. The Bertz CT molecular complexity index is 668. The van der Waals surface area contributed by atoms with Crippen LogP contribution in [0.25, 0.3) is 10.9 Å². The minimum atomic E-state index is -0.884. The van der Waals surface area contributed by atoms with Crippen molar-refractivity contribution >= 4 is 27.7 Å². The van der Waals surface area contributed by atoms with Crippen molar-refractivity contribution < 1.29 is 4.21 Å². The summed E-state index contributed by atoms with van der Waals surface area (Å²) in [5.74, 6) is 1.04. The molecule has 6 heteroatoms. The highest BCUT2D eigenvalue weighted by molar-refractivity contribution is 7.84. The standard InChI is InChI=1S/C13H17N3O2S/c1-9(8-19(3)18)16(2)13-14-11-7-5-4-6-10(11)12(17)15-13/h4-7,9H,8H2,1-3H3,(H,14,15,17)/t9-,19+/m1/s1. The van der Waals surface area contributed by atoms with Crippen molar-refractivity contribution in [1.29, 1.82) is 0 Å². The van der Waals surface area contributed by atoms with E-state index in [1.54, 1.807) is 12.3 Å². The lowest BCUT2D eigenvalue weighted by atomic mass is 10.2. The minimum absolute atomic E-state index is 0.0372. The number of benzene rings is 1. The fraction of sp³-hybridized carbons (Fsp3) is 0.385. The second kappa shape index (κ2) is 5.52. The Labute approximate surface area is 114 Å². The number of nitrogens with zero attached hydrogens (tertiary/aromatic N) is 2. The number of anilines is 1. The van der Waals surface area contributed by atoms with Crippen LogP contribution in [0.1, 0.15) is 6.92 Å². The van der Waals surface area contributed by atoms with E-state index in [2.05, 4.69) is 9.97 Å². The molecule has 0 aliphatic heterocycles. The first kappa shape index (κ1) is 13.7. The zero-order chi connectivity index (χ0) is 14.0. The molecule has 0 spiro atoms. The number of fused-ring (bicyclic) bond motifs is 1. The summed E-state index contributed by atoms with van der Waals surface area (Å²) in [6.07, 6.45) is 1.67. The Balaban J connectivity index is 2.40. The van der Waals surface area contributed by atoms with Gasteiger partial charge in [-0.25, -0.2) is 4.98 Å². The first-order chi connectivity index (χ1) is 8.99. The molecule has 0 aliphatic carbocycles. The van der Waals surface area contributed by atoms with E-state index in [1.165, 1.54) is 0 Å². The third-order valence-corrected chi connectivity index (χ3v) is 4.02. The molecule has 0 aliphatic rings. The first-order valence-electron chi connectivity index (χ1n) is 6.01. The molecule has 2 atom stereocenters. The molecule has 0 fully saturated rings. The van der Waals surface area contributed by atoms with Crippen molar-refractivity contribution in [3.05, 3.63) is 34.6 Å². The highest BCUT2D eigenvalue weighted by Gasteiger charge is 2.14. The van der Waals surface area contributed by atoms with E-state index in [-0.39, 0.29) is 11.6 Å². The lowest BCUT2D eigenvalue weighted by molar-refractivity contribution is 0.672. The molecular formula is C13H17N3O2S. The normalized spacial score (nSPS) is 14.3. The van der Waals surface area contributed by atoms with Crippen LogP contribution in [0, 0.1) is 0 Å². The summed E-state index contributed by atoms with van der Waals surface area (Å²) < 4.78 is 11.3. The molecule has 1 heterocycles. The van der Waals surface area contributed by atoms with Gasteiger partial charge >= 0.3 is 0 Å². The number of nitrogens with one attached hydrogen (secondary N) is 1. The number of rotatable bonds is 4. The molecule has 19 heavy (non-hydrogen) atoms. The summed E-state index contributed by atoms with van der Waals surface area (Å²) >= 11 is 0. The van der Waals surface area contributed by atoms with Crippen LogP contribution in [0.2, 0.25) is 0 Å². The van der Waals surface area contributed by atoms with E-state index in [9.17, 15) is 9.00 Å². The van der Waals surface area contributed by atoms with Crippen LogP contribution in [0.3, 0.4) is 0 Å². The second-order valence-corrected chi connectivity index (χ2v) is 6.09. The molecule has 0 bridgehead atoms. The van der Waals surface area contributed by atoms with Crippen LogP contribution in [-0.2, 0) is 10.8 Å². The molecule has 1 aromatic heterocycles. The molecule has 0 amide bonds. The van der Waals surface area contributed by atoms with Crippen LogP contribution in [-0.4, -0.2) is 39.3 Å². The lowest BCUT2D eigenvalue weighted by Crippen LogP contribution is -2.35. The number of para-hydroxylation sites is 1. The van der Waals surface area contributed by atoms with Gasteiger partial charge in [-0.05, 0) is 19.1 Å². The van der Waals surface area contributed by atoms with Crippen molar-refractivity contribution in [3.8, 4) is 0 Å². The van der Waals surface area contributed by atoms with Gasteiger partial charge in [0, 0.05) is 35.9 Å². The fourth-order valence-corrected chi connectivity index (χ4v) is 2.80. The number of hydrogen-bond donors (Lipinski definition) is 1. The van der Waals surface area contributed by atoms with Gasteiger partial charge in [0.15, 0.2) is 0 Å². The topological polar surface area (TPSA) is 66.1 Å². The summed E-state index contributed by atoms with van der Waals surface area (Å²) in [4.78, 5) is 21.0. The fourth-order valence-electron chi connectivity index (χ4n) is 1.90. The Hall–Kier alpha value is -1.69. The molecule has 5 nitrogen and oxygen atoms in total. The SMILES string of the molecule is C[C@H](C[S@](C)=O)N(C)c1nc2ccccc2c(=O)[nH]1. The molecular weight excluding hydrogens is 262 g/mol. The van der Waals surface area contributed by atoms with Gasteiger partial charge in [-0.2, -0.15) is 0 Å². The Kier molecular flexibility index (Phi) is 3.99. The van der Waals surface area contributed by atoms with Crippen LogP contribution < -0.4 is 10.5 Å². The van der Waals surface area contributed by atoms with E-state index in [0.717, 1.165) is 0 Å². The van der Waals surface area contributed by atoms with E-state index in [4.69, 9.17) is 0 Å². The highest BCUT2D eigenvalue weighted by atomic mass is 32.2. The van der Waals surface area contributed by atoms with Crippen molar-refractivity contribution in [3.63, 3.8) is 0 Å². The Morgan fingerprint density at radius 2 is 2.11 bits per heavy atom. The zero-order valence-corrected chi connectivity index (χ0v) is 12.0. The van der Waals surface area contributed by atoms with Crippen molar-refractivity contribution in [2.24, 2.45) is 0 Å². The molecule has 102 valence electrons. The molecule has 2 aromatic rings. The summed E-state index contributed by atoms with van der Waals surface area (Å²) in [6.45, 7) is 1.95. The molecule has 2 rings (SSSR count). The largest absolute Gasteiger partial charge is 0.342 e. The van der Waals surface area contributed by atoms with E-state index < -0.39 is 10.8 Å². The zero-order valence-electron chi connectivity index (χ0n) is 11.2. The molecule has 1 aromatic carbocycles. The van der Waals surface area contributed by atoms with Crippen molar-refractivity contribution in [2.75, 3.05) is 24.0 Å². The molecule has 1 N–H and O–H groups in total. The maximum Gasteiger partial charge on any atom is 0.260 e. The van der Waals surface area contributed by atoms with Gasteiger partial charge in [-0.1, -0.05) is 12.1 Å². The monoisotopic (exact) mass is 279 g/mol. The van der Waals surface area contributed by atoms with Gasteiger partial charge in [0.2, 0.25) is 5.95 Å². The summed E-state index contributed by atoms with van der Waals surface area (Å²) in [7, 11) is 0.954. The van der Waals surface area contributed by atoms with Crippen LogP contribution in [0.15, 0.2) is 29.1 Å². The average Bonchev–Trinajstić information content (AvgIpc) is 2.37. The predicted molar refractivity (Wildman–Crippen MR) is 79.2 cm³/mol. The van der Waals surface area contributed by atoms with Crippen molar-refractivity contribution in [2.45, 2.75) is 13.0 Å². The van der Waals surface area contributed by atoms with Gasteiger partial charge in [0.25, 0.3) is 5.56 Å². The summed E-state index contributed by atoms with van der Waals surface area (Å²) in [5.41, 5.74) is 0.509. The smallest absolute Gasteiger partial charge is 0.260 e. The quantitative estimate of drug-likeness (QED) is 0.911. The average molecular weight is 279 g/mol. The minimum Gasteiger partial charge on any atom is -0.342 e. The number of hydrogen-bond acceptors (Lipinski definition) is 4. The van der Waals surface area contributed by atoms with Gasteiger partial charge in [-0.3, -0.25) is 14.0 Å². The lowest BCUT2D eigenvalue weighted by Gasteiger charge is -2.24. The molecule has 0 saturated carbocycles. The van der Waals surface area contributed by atoms with E-state index >= 15 is 0 Å². The Morgan fingerprint density at radius 3 is 2.79 bits per heavy atom. The first-order valence-corrected chi connectivity index (χ1v) is 7.73. The van der Waals surface area contributed by atoms with E-state index in [1.807, 2.05) is 37.1 Å². The second-order valence-electron chi connectivity index (χ2n) is 4.61. The van der Waals surface area contributed by atoms with Gasteiger partial charge in [-0.15, -0.1) is 0 Å².